The predicted octanol–water partition coefficient (Wildman–Crippen LogP) is 3.99. The van der Waals surface area contributed by atoms with Crippen LogP contribution in [-0.4, -0.2) is 4.57 Å². The molecule has 2 aromatic rings. The minimum Gasteiger partial charge on any atom is -0.350 e. The number of nitrogens with zero attached hydrogens (tertiary/aromatic N) is 1. The first-order valence-electron chi connectivity index (χ1n) is 6.35. The maximum Gasteiger partial charge on any atom is 0.0485 e. The third kappa shape index (κ3) is 3.15. The second-order valence-corrected chi connectivity index (χ2v) is 5.01. The zero-order chi connectivity index (χ0) is 13.0. The van der Waals surface area contributed by atoms with Gasteiger partial charge in [-0.3, -0.25) is 0 Å². The lowest BCUT2D eigenvalue weighted by atomic mass is 10.1. The van der Waals surface area contributed by atoms with Gasteiger partial charge in [0.05, 0.1) is 0 Å². The van der Waals surface area contributed by atoms with Crippen LogP contribution in [0.15, 0.2) is 42.7 Å². The highest BCUT2D eigenvalue weighted by Gasteiger charge is 2.07. The lowest BCUT2D eigenvalue weighted by molar-refractivity contribution is 0.636. The molecule has 0 aliphatic heterocycles. The summed E-state index contributed by atoms with van der Waals surface area (Å²) < 4.78 is 2.13. The molecule has 18 heavy (non-hydrogen) atoms. The first kappa shape index (κ1) is 13.2. The van der Waals surface area contributed by atoms with Crippen LogP contribution in [0.5, 0.6) is 0 Å². The number of benzene rings is 1. The summed E-state index contributed by atoms with van der Waals surface area (Å²) in [4.78, 5) is 0. The summed E-state index contributed by atoms with van der Waals surface area (Å²) in [6, 6.07) is 10.2. The van der Waals surface area contributed by atoms with E-state index in [1.165, 1.54) is 5.56 Å². The van der Waals surface area contributed by atoms with Crippen molar-refractivity contribution in [3.05, 3.63) is 58.9 Å². The number of nitrogens with two attached hydrogens (primary N) is 1. The Bertz CT molecular complexity index is 505. The van der Waals surface area contributed by atoms with Crippen LogP contribution in [0.4, 0.5) is 0 Å². The predicted molar refractivity (Wildman–Crippen MR) is 76.8 cm³/mol. The Labute approximate surface area is 113 Å². The standard InChI is InChI=1S/C15H19ClN2/c1-2-5-15(17)13-8-9-18(11-13)10-12-6-3-4-7-14(12)16/h3-4,6-9,11,15H,2,5,10,17H2,1H3. The van der Waals surface area contributed by atoms with Gasteiger partial charge in [0.15, 0.2) is 0 Å². The van der Waals surface area contributed by atoms with Crippen LogP contribution < -0.4 is 5.73 Å². The molecule has 1 aromatic heterocycles. The third-order valence-corrected chi connectivity index (χ3v) is 3.48. The van der Waals surface area contributed by atoms with Crippen molar-refractivity contribution >= 4 is 11.6 Å². The summed E-state index contributed by atoms with van der Waals surface area (Å²) >= 11 is 6.16. The lowest BCUT2D eigenvalue weighted by Gasteiger charge is -2.08. The molecule has 0 saturated heterocycles. The number of halogens is 1. The highest BCUT2D eigenvalue weighted by atomic mass is 35.5. The summed E-state index contributed by atoms with van der Waals surface area (Å²) in [5.74, 6) is 0. The van der Waals surface area contributed by atoms with E-state index in [1.807, 2.05) is 24.3 Å². The summed E-state index contributed by atoms with van der Waals surface area (Å²) in [6.07, 6.45) is 6.31. The van der Waals surface area contributed by atoms with Crippen molar-refractivity contribution in [1.29, 1.82) is 0 Å². The number of aromatic nitrogens is 1. The summed E-state index contributed by atoms with van der Waals surface area (Å²) in [5, 5.41) is 0.811. The number of rotatable bonds is 5. The van der Waals surface area contributed by atoms with Crippen LogP contribution in [0.25, 0.3) is 0 Å². The van der Waals surface area contributed by atoms with Crippen molar-refractivity contribution in [3.8, 4) is 0 Å². The molecule has 0 saturated carbocycles. The lowest BCUT2D eigenvalue weighted by Crippen LogP contribution is -2.08. The molecule has 0 aliphatic rings. The van der Waals surface area contributed by atoms with E-state index in [4.69, 9.17) is 17.3 Å². The van der Waals surface area contributed by atoms with Crippen molar-refractivity contribution in [2.45, 2.75) is 32.4 Å². The molecule has 2 rings (SSSR count). The van der Waals surface area contributed by atoms with Crippen LogP contribution in [0, 0.1) is 0 Å². The molecule has 0 fully saturated rings. The summed E-state index contributed by atoms with van der Waals surface area (Å²) in [6.45, 7) is 2.94. The van der Waals surface area contributed by atoms with E-state index in [2.05, 4.69) is 30.0 Å². The maximum absolute atomic E-state index is 6.16. The van der Waals surface area contributed by atoms with E-state index in [0.717, 1.165) is 30.0 Å². The second-order valence-electron chi connectivity index (χ2n) is 4.60. The average Bonchev–Trinajstić information content (AvgIpc) is 2.81. The monoisotopic (exact) mass is 262 g/mol. The van der Waals surface area contributed by atoms with Crippen molar-refractivity contribution < 1.29 is 0 Å². The number of hydrogen-bond acceptors (Lipinski definition) is 1. The van der Waals surface area contributed by atoms with Gasteiger partial charge in [0.1, 0.15) is 0 Å². The quantitative estimate of drug-likeness (QED) is 0.868. The molecular weight excluding hydrogens is 244 g/mol. The first-order chi connectivity index (χ1) is 8.70. The van der Waals surface area contributed by atoms with Crippen LogP contribution in [0.1, 0.15) is 36.9 Å². The molecule has 1 heterocycles. The molecule has 2 N–H and O–H groups in total. The SMILES string of the molecule is CCCC(N)c1ccn(Cc2ccccc2Cl)c1. The minimum atomic E-state index is 0.141. The van der Waals surface area contributed by atoms with Gasteiger partial charge in [-0.1, -0.05) is 43.1 Å². The smallest absolute Gasteiger partial charge is 0.0485 e. The van der Waals surface area contributed by atoms with Crippen molar-refractivity contribution in [2.75, 3.05) is 0 Å². The Morgan fingerprint density at radius 2 is 2.06 bits per heavy atom. The maximum atomic E-state index is 6.16. The van der Waals surface area contributed by atoms with Crippen LogP contribution in [0.3, 0.4) is 0 Å². The molecule has 1 atom stereocenters. The van der Waals surface area contributed by atoms with E-state index in [-0.39, 0.29) is 6.04 Å². The minimum absolute atomic E-state index is 0.141. The van der Waals surface area contributed by atoms with Crippen LogP contribution >= 0.6 is 11.6 Å². The molecule has 0 spiro atoms. The number of hydrogen-bond donors (Lipinski definition) is 1. The van der Waals surface area contributed by atoms with Gasteiger partial charge in [0.25, 0.3) is 0 Å². The van der Waals surface area contributed by atoms with E-state index in [9.17, 15) is 0 Å². The van der Waals surface area contributed by atoms with E-state index in [1.54, 1.807) is 0 Å². The Morgan fingerprint density at radius 1 is 1.28 bits per heavy atom. The zero-order valence-electron chi connectivity index (χ0n) is 10.6. The Balaban J connectivity index is 2.09. The normalized spacial score (nSPS) is 12.6. The highest BCUT2D eigenvalue weighted by Crippen LogP contribution is 2.19. The summed E-state index contributed by atoms with van der Waals surface area (Å²) in [5.41, 5.74) is 8.43. The molecule has 96 valence electrons. The largest absolute Gasteiger partial charge is 0.350 e. The van der Waals surface area contributed by atoms with E-state index >= 15 is 0 Å². The Hall–Kier alpha value is -1.25. The Kier molecular flexibility index (Phi) is 4.45. The van der Waals surface area contributed by atoms with Gasteiger partial charge < -0.3 is 10.3 Å². The van der Waals surface area contributed by atoms with E-state index < -0.39 is 0 Å². The second kappa shape index (κ2) is 6.07. The van der Waals surface area contributed by atoms with Crippen LogP contribution in [0.2, 0.25) is 5.02 Å². The fourth-order valence-corrected chi connectivity index (χ4v) is 2.27. The first-order valence-corrected chi connectivity index (χ1v) is 6.73. The fourth-order valence-electron chi connectivity index (χ4n) is 2.08. The van der Waals surface area contributed by atoms with Gasteiger partial charge in [0.2, 0.25) is 0 Å². The van der Waals surface area contributed by atoms with Gasteiger partial charge in [0, 0.05) is 30.0 Å². The van der Waals surface area contributed by atoms with Crippen molar-refractivity contribution in [3.63, 3.8) is 0 Å². The zero-order valence-corrected chi connectivity index (χ0v) is 11.4. The van der Waals surface area contributed by atoms with Crippen molar-refractivity contribution in [2.24, 2.45) is 5.73 Å². The molecule has 2 nitrogen and oxygen atoms in total. The van der Waals surface area contributed by atoms with Crippen LogP contribution in [-0.2, 0) is 6.54 Å². The molecular formula is C15H19ClN2. The molecule has 0 bridgehead atoms. The third-order valence-electron chi connectivity index (χ3n) is 3.11. The summed E-state index contributed by atoms with van der Waals surface area (Å²) in [7, 11) is 0. The molecule has 0 radical (unpaired) electrons. The molecule has 3 heteroatoms. The van der Waals surface area contributed by atoms with Gasteiger partial charge in [-0.2, -0.15) is 0 Å². The highest BCUT2D eigenvalue weighted by molar-refractivity contribution is 6.31. The van der Waals surface area contributed by atoms with Gasteiger partial charge in [-0.05, 0) is 29.7 Å². The average molecular weight is 263 g/mol. The molecule has 1 unspecified atom stereocenters. The van der Waals surface area contributed by atoms with Gasteiger partial charge >= 0.3 is 0 Å². The topological polar surface area (TPSA) is 30.9 Å². The Morgan fingerprint density at radius 3 is 2.78 bits per heavy atom. The molecule has 0 amide bonds. The van der Waals surface area contributed by atoms with Gasteiger partial charge in [-0.25, -0.2) is 0 Å². The fraction of sp³-hybridized carbons (Fsp3) is 0.333. The van der Waals surface area contributed by atoms with Crippen molar-refractivity contribution in [1.82, 2.24) is 4.57 Å². The molecule has 1 aromatic carbocycles. The van der Waals surface area contributed by atoms with E-state index in [0.29, 0.717) is 0 Å². The molecule has 0 aliphatic carbocycles. The van der Waals surface area contributed by atoms with Gasteiger partial charge in [-0.15, -0.1) is 0 Å².